The summed E-state index contributed by atoms with van der Waals surface area (Å²) in [5, 5.41) is 0. The lowest BCUT2D eigenvalue weighted by Crippen LogP contribution is -2.33. The minimum absolute atomic E-state index is 0.607. The minimum atomic E-state index is -0.644. The summed E-state index contributed by atoms with van der Waals surface area (Å²) in [7, 11) is 1.79. The Labute approximate surface area is 127 Å². The molecular weight excluding hydrogens is 258 g/mol. The molecule has 0 amide bonds. The zero-order valence-electron chi connectivity index (χ0n) is 13.0. The van der Waals surface area contributed by atoms with E-state index < -0.39 is 5.54 Å². The molecule has 1 aromatic heterocycles. The van der Waals surface area contributed by atoms with Gasteiger partial charge in [0, 0.05) is 25.9 Å². The molecule has 110 valence electrons. The predicted octanol–water partition coefficient (Wildman–Crippen LogP) is 2.94. The van der Waals surface area contributed by atoms with E-state index in [0.717, 1.165) is 23.3 Å². The number of aliphatic imine (C=N–C) groups is 1. The molecule has 0 aromatic carbocycles. The van der Waals surface area contributed by atoms with Crippen molar-refractivity contribution in [1.29, 1.82) is 0 Å². The van der Waals surface area contributed by atoms with Crippen molar-refractivity contribution in [2.24, 2.45) is 10.7 Å². The number of hydrogen-bond donors (Lipinski definition) is 1. The number of terminal acetylenes is 1. The molecule has 1 aromatic rings. The Morgan fingerprint density at radius 3 is 2.86 bits per heavy atom. The van der Waals surface area contributed by atoms with Gasteiger partial charge in [0.15, 0.2) is 0 Å². The Bertz CT molecular complexity index is 572. The number of hydrogen-bond acceptors (Lipinski definition) is 3. The molecule has 0 radical (unpaired) electrons. The lowest BCUT2D eigenvalue weighted by Gasteiger charge is -2.16. The molecule has 0 aliphatic heterocycles. The normalized spacial score (nSPS) is 15.8. The van der Waals surface area contributed by atoms with E-state index in [1.807, 2.05) is 44.3 Å². The van der Waals surface area contributed by atoms with Gasteiger partial charge in [-0.15, -0.1) is 6.42 Å². The maximum atomic E-state index is 6.02. The number of nitrogens with zero attached hydrogens (tertiary/aromatic N) is 2. The predicted molar refractivity (Wildman–Crippen MR) is 90.2 cm³/mol. The second kappa shape index (κ2) is 8.18. The minimum Gasteiger partial charge on any atom is -0.315 e. The van der Waals surface area contributed by atoms with Crippen molar-refractivity contribution >= 4 is 5.71 Å². The van der Waals surface area contributed by atoms with E-state index in [-0.39, 0.29) is 0 Å². The molecule has 0 fully saturated rings. The fourth-order valence-electron chi connectivity index (χ4n) is 1.87. The Kier molecular flexibility index (Phi) is 6.58. The van der Waals surface area contributed by atoms with Crippen molar-refractivity contribution in [2.75, 3.05) is 7.05 Å². The third kappa shape index (κ3) is 5.76. The molecular formula is C18H23N3. The summed E-state index contributed by atoms with van der Waals surface area (Å²) < 4.78 is 0. The van der Waals surface area contributed by atoms with Gasteiger partial charge in [-0.2, -0.15) is 0 Å². The van der Waals surface area contributed by atoms with Gasteiger partial charge in [0.05, 0.1) is 11.3 Å². The summed E-state index contributed by atoms with van der Waals surface area (Å²) in [6.45, 7) is 3.82. The molecule has 0 saturated carbocycles. The molecule has 21 heavy (non-hydrogen) atoms. The van der Waals surface area contributed by atoms with Crippen LogP contribution in [0.15, 0.2) is 53.3 Å². The summed E-state index contributed by atoms with van der Waals surface area (Å²) >= 11 is 0. The van der Waals surface area contributed by atoms with Crippen LogP contribution in [0.25, 0.3) is 0 Å². The zero-order chi connectivity index (χ0) is 15.7. The van der Waals surface area contributed by atoms with Gasteiger partial charge in [0.2, 0.25) is 0 Å². The van der Waals surface area contributed by atoms with Crippen molar-refractivity contribution in [3.8, 4) is 12.3 Å². The number of allylic oxidation sites excluding steroid dienone is 3. The van der Waals surface area contributed by atoms with Crippen LogP contribution >= 0.6 is 0 Å². The van der Waals surface area contributed by atoms with E-state index in [2.05, 4.69) is 22.0 Å². The first kappa shape index (κ1) is 16.9. The van der Waals surface area contributed by atoms with Gasteiger partial charge in [0.25, 0.3) is 0 Å². The van der Waals surface area contributed by atoms with Crippen LogP contribution in [-0.4, -0.2) is 23.3 Å². The largest absolute Gasteiger partial charge is 0.315 e. The lowest BCUT2D eigenvalue weighted by atomic mass is 9.94. The van der Waals surface area contributed by atoms with E-state index in [9.17, 15) is 0 Å². The van der Waals surface area contributed by atoms with Crippen molar-refractivity contribution in [2.45, 2.75) is 32.2 Å². The van der Waals surface area contributed by atoms with Crippen LogP contribution in [0.5, 0.6) is 0 Å². The van der Waals surface area contributed by atoms with Gasteiger partial charge in [-0.05, 0) is 43.5 Å². The van der Waals surface area contributed by atoms with Gasteiger partial charge in [-0.3, -0.25) is 9.98 Å². The molecule has 1 rings (SSSR count). The Hall–Kier alpha value is -2.18. The number of rotatable bonds is 6. The SMILES string of the molecule is C#CC(C)(N)C/C=C(Cc1cccnc1)/C(/C=C\C)=N/C. The molecule has 3 nitrogen and oxygen atoms in total. The van der Waals surface area contributed by atoms with Gasteiger partial charge in [-0.1, -0.05) is 24.1 Å². The van der Waals surface area contributed by atoms with Gasteiger partial charge >= 0.3 is 0 Å². The first-order valence-electron chi connectivity index (χ1n) is 6.97. The van der Waals surface area contributed by atoms with Crippen LogP contribution in [0, 0.1) is 12.3 Å². The second-order valence-corrected chi connectivity index (χ2v) is 5.14. The second-order valence-electron chi connectivity index (χ2n) is 5.14. The summed E-state index contributed by atoms with van der Waals surface area (Å²) in [4.78, 5) is 8.50. The van der Waals surface area contributed by atoms with Gasteiger partial charge in [-0.25, -0.2) is 0 Å². The zero-order valence-corrected chi connectivity index (χ0v) is 13.0. The molecule has 0 spiro atoms. The third-order valence-electron chi connectivity index (χ3n) is 3.11. The Morgan fingerprint density at radius 1 is 1.57 bits per heavy atom. The van der Waals surface area contributed by atoms with Crippen LogP contribution in [0.4, 0.5) is 0 Å². The molecule has 1 unspecified atom stereocenters. The smallest absolute Gasteiger partial charge is 0.0779 e. The number of nitrogens with two attached hydrogens (primary N) is 1. The van der Waals surface area contributed by atoms with Crippen LogP contribution in [0.1, 0.15) is 25.8 Å². The van der Waals surface area contributed by atoms with Crippen molar-refractivity contribution in [3.05, 3.63) is 53.9 Å². The fraction of sp³-hybridized carbons (Fsp3) is 0.333. The summed E-state index contributed by atoms with van der Waals surface area (Å²) in [6, 6.07) is 3.98. The van der Waals surface area contributed by atoms with E-state index >= 15 is 0 Å². The summed E-state index contributed by atoms with van der Waals surface area (Å²) in [5.74, 6) is 2.61. The first-order chi connectivity index (χ1) is 10.0. The lowest BCUT2D eigenvalue weighted by molar-refractivity contribution is 0.617. The molecule has 0 aliphatic carbocycles. The standard InChI is InChI=1S/C18H23N3/c1-5-8-17(20-4)16(10-11-18(3,19)6-2)13-15-9-7-12-21-14-15/h2,5,7-10,12,14H,11,13,19H2,1,3-4H3/b8-5-,16-10+,20-17+. The van der Waals surface area contributed by atoms with Crippen LogP contribution < -0.4 is 5.73 Å². The van der Waals surface area contributed by atoms with E-state index in [0.29, 0.717) is 6.42 Å². The third-order valence-corrected chi connectivity index (χ3v) is 3.11. The average Bonchev–Trinajstić information content (AvgIpc) is 2.50. The molecule has 0 bridgehead atoms. The van der Waals surface area contributed by atoms with Crippen LogP contribution in [-0.2, 0) is 6.42 Å². The maximum Gasteiger partial charge on any atom is 0.0779 e. The summed E-state index contributed by atoms with van der Waals surface area (Å²) in [6.07, 6.45) is 16.5. The molecule has 1 heterocycles. The molecule has 0 saturated heterocycles. The topological polar surface area (TPSA) is 51.3 Å². The first-order valence-corrected chi connectivity index (χ1v) is 6.97. The van der Waals surface area contributed by atoms with Crippen molar-refractivity contribution in [3.63, 3.8) is 0 Å². The quantitative estimate of drug-likeness (QED) is 0.644. The molecule has 3 heteroatoms. The van der Waals surface area contributed by atoms with E-state index in [4.69, 9.17) is 12.2 Å². The summed E-state index contributed by atoms with van der Waals surface area (Å²) in [5.41, 5.74) is 8.56. The Balaban J connectivity index is 3.06. The van der Waals surface area contributed by atoms with E-state index in [1.54, 1.807) is 13.2 Å². The highest BCUT2D eigenvalue weighted by Crippen LogP contribution is 2.14. The highest BCUT2D eigenvalue weighted by molar-refractivity contribution is 6.08. The number of pyridine rings is 1. The van der Waals surface area contributed by atoms with Crippen LogP contribution in [0.2, 0.25) is 0 Å². The van der Waals surface area contributed by atoms with Crippen molar-refractivity contribution in [1.82, 2.24) is 4.98 Å². The van der Waals surface area contributed by atoms with Gasteiger partial charge < -0.3 is 5.73 Å². The molecule has 0 aliphatic rings. The molecule has 2 N–H and O–H groups in total. The average molecular weight is 281 g/mol. The monoisotopic (exact) mass is 281 g/mol. The maximum absolute atomic E-state index is 6.02. The fourth-order valence-corrected chi connectivity index (χ4v) is 1.87. The van der Waals surface area contributed by atoms with Crippen molar-refractivity contribution < 1.29 is 0 Å². The molecule has 1 atom stereocenters. The van der Waals surface area contributed by atoms with Crippen LogP contribution in [0.3, 0.4) is 0 Å². The highest BCUT2D eigenvalue weighted by atomic mass is 14.7. The number of aromatic nitrogens is 1. The Morgan fingerprint density at radius 2 is 2.33 bits per heavy atom. The van der Waals surface area contributed by atoms with E-state index in [1.165, 1.54) is 0 Å². The highest BCUT2D eigenvalue weighted by Gasteiger charge is 2.14. The van der Waals surface area contributed by atoms with Gasteiger partial charge in [0.1, 0.15) is 0 Å².